The van der Waals surface area contributed by atoms with E-state index in [1.54, 1.807) is 41.6 Å². The normalized spacial score (nSPS) is 18.9. The molecule has 39 heavy (non-hydrogen) atoms. The Hall–Kier alpha value is -3.00. The highest BCUT2D eigenvalue weighted by Gasteiger charge is 2.35. The van der Waals surface area contributed by atoms with Gasteiger partial charge in [-0.15, -0.1) is 0 Å². The van der Waals surface area contributed by atoms with Crippen molar-refractivity contribution in [2.24, 2.45) is 13.0 Å². The van der Waals surface area contributed by atoms with Gasteiger partial charge in [-0.2, -0.15) is 4.31 Å². The number of imidazole rings is 1. The average molecular weight is 565 g/mol. The molecule has 12 nitrogen and oxygen atoms in total. The number of aliphatic hydroxyl groups excluding tert-OH is 1. The lowest BCUT2D eigenvalue weighted by Crippen LogP contribution is -2.50. The van der Waals surface area contributed by atoms with E-state index >= 15 is 0 Å². The number of ether oxygens (including phenoxy) is 1. The minimum Gasteiger partial charge on any atom is -0.488 e. The Labute approximate surface area is 230 Å². The molecule has 3 rings (SSSR count). The topological polar surface area (TPSA) is 137 Å². The predicted octanol–water partition coefficient (Wildman–Crippen LogP) is 1.24. The zero-order chi connectivity index (χ0) is 28.9. The lowest BCUT2D eigenvalue weighted by Gasteiger charge is -2.38. The van der Waals surface area contributed by atoms with E-state index in [2.05, 4.69) is 10.3 Å². The molecule has 216 valence electrons. The minimum absolute atomic E-state index is 0.0133. The number of benzene rings is 1. The zero-order valence-corrected chi connectivity index (χ0v) is 24.3. The highest BCUT2D eigenvalue weighted by atomic mass is 32.2. The van der Waals surface area contributed by atoms with Crippen molar-refractivity contribution in [2.75, 3.05) is 52.7 Å². The Morgan fingerprint density at radius 3 is 2.64 bits per heavy atom. The Morgan fingerprint density at radius 2 is 2.03 bits per heavy atom. The van der Waals surface area contributed by atoms with Crippen molar-refractivity contribution >= 4 is 27.5 Å². The number of carbonyl (C=O) groups excluding carboxylic acids is 2. The molecule has 1 aliphatic rings. The van der Waals surface area contributed by atoms with Gasteiger partial charge < -0.3 is 29.5 Å². The van der Waals surface area contributed by atoms with E-state index in [1.165, 1.54) is 23.9 Å². The summed E-state index contributed by atoms with van der Waals surface area (Å²) in [5.41, 5.74) is 0.686. The van der Waals surface area contributed by atoms with Gasteiger partial charge in [0.05, 0.1) is 31.1 Å². The number of aryl methyl sites for hydroxylation is 1. The molecule has 0 saturated heterocycles. The van der Waals surface area contributed by atoms with Crippen LogP contribution in [0.15, 0.2) is 35.7 Å². The van der Waals surface area contributed by atoms with Gasteiger partial charge in [0.15, 0.2) is 5.03 Å². The van der Waals surface area contributed by atoms with Gasteiger partial charge in [-0.25, -0.2) is 13.4 Å². The highest BCUT2D eigenvalue weighted by Crippen LogP contribution is 2.31. The molecule has 2 N–H and O–H groups in total. The summed E-state index contributed by atoms with van der Waals surface area (Å²) in [6.07, 6.45) is 3.28. The summed E-state index contributed by atoms with van der Waals surface area (Å²) in [5, 5.41) is 12.6. The number of anilines is 1. The summed E-state index contributed by atoms with van der Waals surface area (Å²) in [7, 11) is 3.17. The Kier molecular flexibility index (Phi) is 10.1. The minimum atomic E-state index is -3.87. The van der Waals surface area contributed by atoms with Crippen LogP contribution >= 0.6 is 0 Å². The molecule has 0 aliphatic carbocycles. The molecule has 2 heterocycles. The molecule has 0 spiro atoms. The van der Waals surface area contributed by atoms with Crippen LogP contribution in [-0.4, -0.2) is 109 Å². The van der Waals surface area contributed by atoms with Gasteiger partial charge in [0, 0.05) is 44.9 Å². The van der Waals surface area contributed by atoms with Crippen LogP contribution in [0.5, 0.6) is 5.75 Å². The van der Waals surface area contributed by atoms with E-state index in [0.29, 0.717) is 18.5 Å². The second-order valence-corrected chi connectivity index (χ2v) is 12.4. The molecule has 0 saturated carbocycles. The fourth-order valence-electron chi connectivity index (χ4n) is 4.33. The number of nitrogens with one attached hydrogen (secondary N) is 1. The van der Waals surface area contributed by atoms with Crippen LogP contribution in [0.2, 0.25) is 0 Å². The number of aromatic nitrogens is 2. The second-order valence-electron chi connectivity index (χ2n) is 10.5. The zero-order valence-electron chi connectivity index (χ0n) is 23.5. The number of fused-ring (bicyclic) bond motifs is 1. The molecule has 1 aromatic heterocycles. The first-order valence-electron chi connectivity index (χ1n) is 12.9. The molecule has 3 atom stereocenters. The van der Waals surface area contributed by atoms with Crippen molar-refractivity contribution in [3.8, 4) is 5.75 Å². The third-order valence-electron chi connectivity index (χ3n) is 6.75. The number of aliphatic hydroxyl groups is 1. The maximum Gasteiger partial charge on any atom is 0.261 e. The van der Waals surface area contributed by atoms with Crippen LogP contribution in [0.3, 0.4) is 0 Å². The third kappa shape index (κ3) is 7.56. The maximum absolute atomic E-state index is 13.6. The predicted molar refractivity (Wildman–Crippen MR) is 147 cm³/mol. The number of carbonyl (C=O) groups is 2. The van der Waals surface area contributed by atoms with Crippen LogP contribution in [0.25, 0.3) is 0 Å². The van der Waals surface area contributed by atoms with Crippen molar-refractivity contribution in [1.29, 1.82) is 0 Å². The van der Waals surface area contributed by atoms with E-state index in [1.807, 2.05) is 25.9 Å². The summed E-state index contributed by atoms with van der Waals surface area (Å²) in [6.45, 7) is 4.42. The Morgan fingerprint density at radius 1 is 1.31 bits per heavy atom. The number of likely N-dealkylation sites (N-methyl/N-ethyl adjacent to an activating group) is 1. The summed E-state index contributed by atoms with van der Waals surface area (Å²) >= 11 is 0. The van der Waals surface area contributed by atoms with Crippen molar-refractivity contribution in [1.82, 2.24) is 23.7 Å². The number of nitrogens with zero attached hydrogens (tertiary/aromatic N) is 5. The summed E-state index contributed by atoms with van der Waals surface area (Å²) in [4.78, 5) is 33.6. The molecule has 2 aromatic rings. The van der Waals surface area contributed by atoms with E-state index in [9.17, 15) is 23.1 Å². The maximum atomic E-state index is 13.6. The van der Waals surface area contributed by atoms with Crippen LogP contribution < -0.4 is 10.1 Å². The monoisotopic (exact) mass is 564 g/mol. The molecule has 1 aliphatic heterocycles. The fraction of sp³-hybridized carbons (Fsp3) is 0.577. The molecule has 0 fully saturated rings. The summed E-state index contributed by atoms with van der Waals surface area (Å²) < 4.78 is 35.3. The van der Waals surface area contributed by atoms with Crippen LogP contribution in [0.4, 0.5) is 5.69 Å². The molecule has 0 radical (unpaired) electrons. The van der Waals surface area contributed by atoms with Gasteiger partial charge >= 0.3 is 0 Å². The largest absolute Gasteiger partial charge is 0.488 e. The lowest BCUT2D eigenvalue weighted by atomic mass is 9.99. The standard InChI is InChI=1S/C26H40N6O6S/c1-18-13-32(19(2)16-33)26(35)21-12-20(28-24(34)8-7-11-29(3)4)9-10-22(21)38-23(18)14-31(6)39(36,37)25-15-30(5)17-27-25/h9-10,12,15,17-19,23,33H,7-8,11,13-14,16H2,1-6H3,(H,28,34)/t18-,19+,23-/m0/s1. The Bertz CT molecular complexity index is 1260. The molecular formula is C26H40N6O6S. The molecule has 2 amide bonds. The number of amides is 2. The number of rotatable bonds is 11. The van der Waals surface area contributed by atoms with Crippen LogP contribution in [-0.2, 0) is 21.9 Å². The van der Waals surface area contributed by atoms with Gasteiger partial charge in [0.25, 0.3) is 15.9 Å². The van der Waals surface area contributed by atoms with E-state index < -0.39 is 22.2 Å². The molecule has 13 heteroatoms. The van der Waals surface area contributed by atoms with E-state index in [4.69, 9.17) is 4.74 Å². The molecule has 1 aromatic carbocycles. The Balaban J connectivity index is 1.89. The van der Waals surface area contributed by atoms with Crippen molar-refractivity contribution < 1.29 is 27.9 Å². The lowest BCUT2D eigenvalue weighted by molar-refractivity contribution is -0.116. The quantitative estimate of drug-likeness (QED) is 0.416. The number of hydrogen-bond donors (Lipinski definition) is 2. The number of hydrogen-bond acceptors (Lipinski definition) is 8. The van der Waals surface area contributed by atoms with E-state index in [0.717, 1.165) is 6.54 Å². The van der Waals surface area contributed by atoms with Gasteiger partial charge in [-0.05, 0) is 52.2 Å². The first-order valence-corrected chi connectivity index (χ1v) is 14.4. The third-order valence-corrected chi connectivity index (χ3v) is 8.46. The SMILES string of the molecule is C[C@H](CO)N1C[C@H](C)[C@H](CN(C)S(=O)(=O)c2cn(C)cn2)Oc2ccc(NC(=O)CCCN(C)C)cc2C1=O. The fourth-order valence-corrected chi connectivity index (χ4v) is 5.47. The van der Waals surface area contributed by atoms with Gasteiger partial charge in [0.1, 0.15) is 11.9 Å². The first kappa shape index (κ1) is 30.5. The average Bonchev–Trinajstić information content (AvgIpc) is 3.32. The van der Waals surface area contributed by atoms with Crippen LogP contribution in [0.1, 0.15) is 37.0 Å². The van der Waals surface area contributed by atoms with Gasteiger partial charge in [-0.3, -0.25) is 9.59 Å². The smallest absolute Gasteiger partial charge is 0.261 e. The second kappa shape index (κ2) is 12.9. The molecule has 0 bridgehead atoms. The number of sulfonamides is 1. The van der Waals surface area contributed by atoms with Gasteiger partial charge in [-0.1, -0.05) is 6.92 Å². The molecule has 0 unspecified atom stereocenters. The van der Waals surface area contributed by atoms with Crippen LogP contribution in [0, 0.1) is 5.92 Å². The van der Waals surface area contributed by atoms with Gasteiger partial charge in [0.2, 0.25) is 5.91 Å². The molecular weight excluding hydrogens is 524 g/mol. The van der Waals surface area contributed by atoms with Crippen molar-refractivity contribution in [2.45, 2.75) is 43.9 Å². The summed E-state index contributed by atoms with van der Waals surface area (Å²) in [5.74, 6) is -0.492. The summed E-state index contributed by atoms with van der Waals surface area (Å²) in [6, 6.07) is 4.36. The van der Waals surface area contributed by atoms with E-state index in [-0.39, 0.29) is 53.8 Å². The first-order chi connectivity index (χ1) is 18.3. The van der Waals surface area contributed by atoms with Crippen molar-refractivity contribution in [3.63, 3.8) is 0 Å². The van der Waals surface area contributed by atoms with Crippen molar-refractivity contribution in [3.05, 3.63) is 36.3 Å². The highest BCUT2D eigenvalue weighted by molar-refractivity contribution is 7.89.